The first-order valence-electron chi connectivity index (χ1n) is 21.5. The van der Waals surface area contributed by atoms with E-state index in [1.807, 2.05) is 13.8 Å². The van der Waals surface area contributed by atoms with Crippen molar-refractivity contribution in [3.63, 3.8) is 0 Å². The maximum absolute atomic E-state index is 12.3. The molecule has 0 saturated carbocycles. The molecule has 0 bridgehead atoms. The first kappa shape index (κ1) is 47.8. The molecular weight excluding hydrogens is 792 g/mol. The van der Waals surface area contributed by atoms with Gasteiger partial charge in [0.2, 0.25) is 0 Å². The van der Waals surface area contributed by atoms with Crippen LogP contribution in [-0.2, 0) is 32.9 Å². The average molecular weight is 870 g/mol. The van der Waals surface area contributed by atoms with Gasteiger partial charge < -0.3 is 4.74 Å². The van der Waals surface area contributed by atoms with Gasteiger partial charge in [0, 0.05) is 0 Å². The summed E-state index contributed by atoms with van der Waals surface area (Å²) < 4.78 is 39.1. The van der Waals surface area contributed by atoms with Crippen molar-refractivity contribution in [3.05, 3.63) is 28.8 Å². The number of methoxy groups -OCH3 is 1. The summed E-state index contributed by atoms with van der Waals surface area (Å²) in [4.78, 5) is 12.2. The minimum absolute atomic E-state index is 0.0489. The first-order chi connectivity index (χ1) is 25.9. The maximum atomic E-state index is 12.3. The molecule has 9 nitrogen and oxygen atoms in total. The number of benzene rings is 1. The molecule has 0 spiro atoms. The van der Waals surface area contributed by atoms with E-state index in [1.165, 1.54) is 28.3 Å². The van der Waals surface area contributed by atoms with Crippen molar-refractivity contribution in [1.29, 1.82) is 0 Å². The number of hydrogen-bond donors (Lipinski definition) is 2. The van der Waals surface area contributed by atoms with E-state index in [1.54, 1.807) is 0 Å². The van der Waals surface area contributed by atoms with Crippen molar-refractivity contribution in [1.82, 2.24) is 0 Å². The zero-order chi connectivity index (χ0) is 41.9. The van der Waals surface area contributed by atoms with Gasteiger partial charge in [-0.2, -0.15) is 0 Å². The molecular formula is C45H78O9SeSi. The third kappa shape index (κ3) is 12.6. The van der Waals surface area contributed by atoms with Gasteiger partial charge >= 0.3 is 293 Å². The summed E-state index contributed by atoms with van der Waals surface area (Å²) in [7, 11) is -0.670. The van der Waals surface area contributed by atoms with Gasteiger partial charge in [-0.1, -0.05) is 20.8 Å². The molecule has 322 valence electrons. The number of aliphatic hydroxyl groups is 2. The molecule has 0 unspecified atom stereocenters. The molecule has 1 aromatic rings. The summed E-state index contributed by atoms with van der Waals surface area (Å²) >= 11 is -0.137. The van der Waals surface area contributed by atoms with Crippen molar-refractivity contribution in [2.45, 2.75) is 223 Å². The third-order valence-corrected chi connectivity index (χ3v) is 20.5. The van der Waals surface area contributed by atoms with Crippen LogP contribution in [0.3, 0.4) is 0 Å². The Labute approximate surface area is 347 Å². The Kier molecular flexibility index (Phi) is 16.8. The predicted molar refractivity (Wildman–Crippen MR) is 228 cm³/mol. The number of esters is 1. The average Bonchev–Trinajstić information content (AvgIpc) is 3.45. The normalized spacial score (nSPS) is 29.2. The molecule has 0 amide bonds. The summed E-state index contributed by atoms with van der Waals surface area (Å²) in [6, 6.07) is 4.79. The van der Waals surface area contributed by atoms with E-state index in [9.17, 15) is 15.0 Å². The molecule has 56 heavy (non-hydrogen) atoms. The Morgan fingerprint density at radius 2 is 1.54 bits per heavy atom. The topological polar surface area (TPSA) is 113 Å². The number of rotatable bonds is 16. The fourth-order valence-corrected chi connectivity index (χ4v) is 13.3. The molecule has 3 heterocycles. The number of carbonyl (C=O) groups excluding carboxylic acids is 1. The van der Waals surface area contributed by atoms with Crippen molar-refractivity contribution < 1.29 is 43.1 Å². The van der Waals surface area contributed by atoms with Gasteiger partial charge in [0.25, 0.3) is 0 Å². The number of ether oxygens (including phenoxy) is 5. The number of aliphatic hydroxyl groups excluding tert-OH is 2. The zero-order valence-corrected chi connectivity index (χ0v) is 40.2. The van der Waals surface area contributed by atoms with Crippen LogP contribution in [0, 0.1) is 5.92 Å². The number of hydrogen-bond acceptors (Lipinski definition) is 9. The van der Waals surface area contributed by atoms with E-state index in [0.29, 0.717) is 50.0 Å². The summed E-state index contributed by atoms with van der Waals surface area (Å²) in [6.45, 7) is 31.2. The van der Waals surface area contributed by atoms with Crippen molar-refractivity contribution in [2.75, 3.05) is 13.7 Å². The van der Waals surface area contributed by atoms with Gasteiger partial charge in [-0.05, 0) is 18.1 Å². The molecule has 3 aliphatic rings. The van der Waals surface area contributed by atoms with Gasteiger partial charge in [0.1, 0.15) is 0 Å². The van der Waals surface area contributed by atoms with Crippen LogP contribution < -0.4 is 4.46 Å². The molecule has 11 heteroatoms. The molecule has 10 atom stereocenters. The van der Waals surface area contributed by atoms with E-state index in [-0.39, 0.29) is 73.6 Å². The van der Waals surface area contributed by atoms with E-state index in [2.05, 4.69) is 94.5 Å². The Hall–Kier alpha value is -0.854. The van der Waals surface area contributed by atoms with Crippen molar-refractivity contribution in [2.24, 2.45) is 5.92 Å². The van der Waals surface area contributed by atoms with Crippen molar-refractivity contribution in [3.8, 4) is 0 Å². The van der Waals surface area contributed by atoms with Gasteiger partial charge in [0.05, 0.1) is 7.11 Å². The van der Waals surface area contributed by atoms with E-state index in [4.69, 9.17) is 28.1 Å². The molecule has 3 aliphatic heterocycles. The van der Waals surface area contributed by atoms with Gasteiger partial charge in [-0.25, -0.2) is 0 Å². The first-order valence-corrected chi connectivity index (χ1v) is 26.2. The van der Waals surface area contributed by atoms with E-state index < -0.39 is 32.4 Å². The Morgan fingerprint density at radius 3 is 2.05 bits per heavy atom. The Morgan fingerprint density at radius 1 is 0.929 bits per heavy atom. The molecule has 1 aromatic carbocycles. The summed E-state index contributed by atoms with van der Waals surface area (Å²) in [5, 5.41) is 24.1. The van der Waals surface area contributed by atoms with Gasteiger partial charge in [-0.3, -0.25) is 4.79 Å². The second kappa shape index (κ2) is 19.7. The van der Waals surface area contributed by atoms with Crippen LogP contribution in [0.5, 0.6) is 0 Å². The summed E-state index contributed by atoms with van der Waals surface area (Å²) in [5.41, 5.74) is 4.09. The molecule has 4 rings (SSSR count). The van der Waals surface area contributed by atoms with Crippen LogP contribution in [0.15, 0.2) is 12.1 Å². The van der Waals surface area contributed by atoms with Crippen LogP contribution in [0.1, 0.15) is 162 Å². The van der Waals surface area contributed by atoms with Crippen molar-refractivity contribution >= 4 is 33.7 Å². The van der Waals surface area contributed by atoms with E-state index >= 15 is 0 Å². The zero-order valence-electron chi connectivity index (χ0n) is 37.5. The fraction of sp³-hybridized carbons (Fsp3) is 0.844. The monoisotopic (exact) mass is 870 g/mol. The standard InChI is InChI=1S/C45H78O9SeSi/c1-26(2)30-18-35(27(3)4)42(36(19-30)28(5)6)55-43(41(48)39-25-50-45(11,12)53-39)37-17-16-29(7)38(52-37)21-31(46)20-32-22-34(54-56(14,15)44(8,9)10)23-33(51-32)24-40(47)49-13/h18-19,26-29,31-34,37-39,41,43,46,48H,16-17,20-25H2,1-15H3/t29-,31-,32+,33+,34+,37-,38+,39+,41-,43-/m0/s1. The summed E-state index contributed by atoms with van der Waals surface area (Å²) in [5.74, 6) is 0.278. The summed E-state index contributed by atoms with van der Waals surface area (Å²) in [6.07, 6.45) is 1.25. The van der Waals surface area contributed by atoms with Crippen LogP contribution in [0.25, 0.3) is 0 Å². The minimum atomic E-state index is -2.08. The van der Waals surface area contributed by atoms with Crippen LogP contribution >= 0.6 is 0 Å². The number of carbonyl (C=O) groups is 1. The Bertz CT molecular complexity index is 1400. The molecule has 0 aromatic heterocycles. The van der Waals surface area contributed by atoms with E-state index in [0.717, 1.165) is 12.8 Å². The van der Waals surface area contributed by atoms with Gasteiger partial charge in [0.15, 0.2) is 0 Å². The quantitative estimate of drug-likeness (QED) is 0.125. The molecule has 0 radical (unpaired) electrons. The van der Waals surface area contributed by atoms with Crippen LogP contribution in [-0.4, -0.2) is 108 Å². The second-order valence-electron chi connectivity index (χ2n) is 20.0. The van der Waals surface area contributed by atoms with Crippen LogP contribution in [0.4, 0.5) is 0 Å². The predicted octanol–water partition coefficient (Wildman–Crippen LogP) is 8.51. The SMILES string of the molecule is COC(=O)C[C@H]1C[C@H](O[Si](C)(C)C(C)(C)C)C[C@@H](C[C@H](O)C[C@H]2O[C@H]([C@H]([Se]c3c(C(C)C)cc(C(C)C)cc3C(C)C)[C@@H](O)[C@H]3COC(C)(C)O3)CC[C@@H]2C)O1. The van der Waals surface area contributed by atoms with Gasteiger partial charge in [-0.15, -0.1) is 0 Å². The molecule has 3 fully saturated rings. The van der Waals surface area contributed by atoms with Crippen LogP contribution in [0.2, 0.25) is 22.9 Å². The molecule has 3 saturated heterocycles. The molecule has 2 N–H and O–H groups in total. The molecule has 0 aliphatic carbocycles. The fourth-order valence-electron chi connectivity index (χ4n) is 8.17. The Balaban J connectivity index is 1.57. The third-order valence-electron chi connectivity index (χ3n) is 12.7. The second-order valence-corrected chi connectivity index (χ2v) is 27.2.